The molecule has 0 unspecified atom stereocenters. The number of hydrogen-bond donors (Lipinski definition) is 1. The van der Waals surface area contributed by atoms with Crippen LogP contribution in [0, 0.1) is 11.7 Å². The second-order valence-electron chi connectivity index (χ2n) is 4.71. The van der Waals surface area contributed by atoms with Crippen LogP contribution in [-0.4, -0.2) is 25.4 Å². The molecule has 1 N–H and O–H groups in total. The molecule has 0 saturated heterocycles. The fraction of sp³-hybridized carbons (Fsp3) is 0.333. The Kier molecular flexibility index (Phi) is 4.87. The minimum Gasteiger partial charge on any atom is -0.494 e. The molecular weight excluding hydrogens is 300 g/mol. The van der Waals surface area contributed by atoms with E-state index >= 15 is 0 Å². The first-order chi connectivity index (χ1) is 10.5. The van der Waals surface area contributed by atoms with Gasteiger partial charge in [-0.3, -0.25) is 13.9 Å². The molecular formula is C15H18N4O2S. The Labute approximate surface area is 133 Å². The van der Waals surface area contributed by atoms with Gasteiger partial charge in [0, 0.05) is 25.0 Å². The van der Waals surface area contributed by atoms with Gasteiger partial charge in [0.1, 0.15) is 5.56 Å². The molecule has 0 bridgehead atoms. The summed E-state index contributed by atoms with van der Waals surface area (Å²) in [5, 5.41) is 10.3. The molecule has 2 aromatic rings. The van der Waals surface area contributed by atoms with Crippen molar-refractivity contribution in [1.82, 2.24) is 14.1 Å². The first kappa shape index (κ1) is 16.1. The zero-order chi connectivity index (χ0) is 16.3. The largest absolute Gasteiger partial charge is 0.494 e. The van der Waals surface area contributed by atoms with E-state index in [1.165, 1.54) is 15.3 Å². The summed E-state index contributed by atoms with van der Waals surface area (Å²) in [7, 11) is 0. The highest BCUT2D eigenvalue weighted by molar-refractivity contribution is 7.71. The molecule has 22 heavy (non-hydrogen) atoms. The summed E-state index contributed by atoms with van der Waals surface area (Å²) >= 11 is 5.23. The van der Waals surface area contributed by atoms with Crippen molar-refractivity contribution in [2.75, 3.05) is 0 Å². The highest BCUT2D eigenvalue weighted by Crippen LogP contribution is 2.14. The van der Waals surface area contributed by atoms with Gasteiger partial charge in [0.2, 0.25) is 5.88 Å². The minimum atomic E-state index is -0.355. The number of nitrogens with zero attached hydrogens (tertiary/aromatic N) is 4. The van der Waals surface area contributed by atoms with E-state index in [0.717, 1.165) is 5.69 Å². The summed E-state index contributed by atoms with van der Waals surface area (Å²) in [6.07, 6.45) is 1.34. The smallest absolute Gasteiger partial charge is 0.267 e. The molecule has 0 radical (unpaired) electrons. The normalized spacial score (nSPS) is 11.2. The van der Waals surface area contributed by atoms with Crippen molar-refractivity contribution in [2.45, 2.75) is 33.9 Å². The van der Waals surface area contributed by atoms with Crippen LogP contribution in [0.4, 0.5) is 5.82 Å². The van der Waals surface area contributed by atoms with Crippen LogP contribution in [0.15, 0.2) is 28.0 Å². The number of aliphatic imine (C=N–C) groups is 1. The first-order valence-corrected chi connectivity index (χ1v) is 7.44. The van der Waals surface area contributed by atoms with Gasteiger partial charge < -0.3 is 5.11 Å². The molecule has 2 aromatic heterocycles. The lowest BCUT2D eigenvalue weighted by molar-refractivity contribution is 0.399. The summed E-state index contributed by atoms with van der Waals surface area (Å²) < 4.78 is 3.24. The van der Waals surface area contributed by atoms with Crippen molar-refractivity contribution in [3.63, 3.8) is 0 Å². The summed E-state index contributed by atoms with van der Waals surface area (Å²) in [6.45, 7) is 6.44. The predicted octanol–water partition coefficient (Wildman–Crippen LogP) is 2.58. The van der Waals surface area contributed by atoms with Crippen molar-refractivity contribution in [3.8, 4) is 5.88 Å². The Hall–Kier alpha value is -2.28. The average Bonchev–Trinajstić information content (AvgIpc) is 2.48. The summed E-state index contributed by atoms with van der Waals surface area (Å²) in [6, 6.07) is 5.42. The van der Waals surface area contributed by atoms with E-state index in [-0.39, 0.29) is 17.0 Å². The third kappa shape index (κ3) is 2.99. The molecule has 2 rings (SSSR count). The summed E-state index contributed by atoms with van der Waals surface area (Å²) in [5.41, 5.74) is 0.584. The highest BCUT2D eigenvalue weighted by atomic mass is 32.1. The topological polar surface area (TPSA) is 72.4 Å². The molecule has 0 spiro atoms. The Morgan fingerprint density at radius 3 is 2.59 bits per heavy atom. The van der Waals surface area contributed by atoms with Crippen LogP contribution in [0.5, 0.6) is 5.88 Å². The molecule has 0 aromatic carbocycles. The lowest BCUT2D eigenvalue weighted by Gasteiger charge is -2.13. The maximum Gasteiger partial charge on any atom is 0.267 e. The Balaban J connectivity index is 2.60. The number of hydrogen-bond acceptors (Lipinski definition) is 5. The number of aromatic nitrogens is 3. The van der Waals surface area contributed by atoms with Gasteiger partial charge >= 0.3 is 0 Å². The van der Waals surface area contributed by atoms with Crippen molar-refractivity contribution in [1.29, 1.82) is 0 Å². The third-order valence-electron chi connectivity index (χ3n) is 3.27. The van der Waals surface area contributed by atoms with Gasteiger partial charge in [-0.2, -0.15) is 0 Å². The van der Waals surface area contributed by atoms with E-state index in [1.807, 2.05) is 32.9 Å². The average molecular weight is 318 g/mol. The molecule has 0 aliphatic rings. The fourth-order valence-electron chi connectivity index (χ4n) is 2.12. The molecule has 7 heteroatoms. The highest BCUT2D eigenvalue weighted by Gasteiger charge is 2.13. The Bertz CT molecular complexity index is 836. The number of aromatic hydroxyl groups is 1. The van der Waals surface area contributed by atoms with Crippen LogP contribution >= 0.6 is 12.2 Å². The van der Waals surface area contributed by atoms with Crippen LogP contribution < -0.4 is 5.56 Å². The second kappa shape index (κ2) is 6.65. The van der Waals surface area contributed by atoms with Crippen molar-refractivity contribution in [2.24, 2.45) is 4.99 Å². The van der Waals surface area contributed by atoms with Gasteiger partial charge in [0.25, 0.3) is 5.56 Å². The Morgan fingerprint density at radius 1 is 1.32 bits per heavy atom. The van der Waals surface area contributed by atoms with Gasteiger partial charge in [-0.25, -0.2) is 9.98 Å². The van der Waals surface area contributed by atoms with Gasteiger partial charge in [0.15, 0.2) is 10.6 Å². The standard InChI is InChI=1S/C15H18N4O2S/c1-4-18-13(20)11(14(21)19(5-2)15(18)22)9-16-12-8-6-7-10(3)17-12/h6-9,20H,4-5H2,1-3H3/b16-9+. The SMILES string of the molecule is CCn1c(O)c(/C=N/c2cccc(C)n2)c(=O)n(CC)c1=S. The lowest BCUT2D eigenvalue weighted by Crippen LogP contribution is -2.27. The number of pyridine rings is 1. The van der Waals surface area contributed by atoms with E-state index in [4.69, 9.17) is 12.2 Å². The molecule has 0 aliphatic carbocycles. The van der Waals surface area contributed by atoms with Gasteiger partial charge in [0.05, 0.1) is 0 Å². The molecule has 2 heterocycles. The maximum absolute atomic E-state index is 12.4. The predicted molar refractivity (Wildman–Crippen MR) is 88.8 cm³/mol. The zero-order valence-electron chi connectivity index (χ0n) is 12.8. The maximum atomic E-state index is 12.4. The van der Waals surface area contributed by atoms with E-state index in [2.05, 4.69) is 9.98 Å². The number of aryl methyl sites for hydroxylation is 1. The Morgan fingerprint density at radius 2 is 2.00 bits per heavy atom. The minimum absolute atomic E-state index is 0.112. The van der Waals surface area contributed by atoms with E-state index in [1.54, 1.807) is 6.07 Å². The van der Waals surface area contributed by atoms with Crippen molar-refractivity contribution in [3.05, 3.63) is 44.6 Å². The molecule has 0 aliphatic heterocycles. The second-order valence-corrected chi connectivity index (χ2v) is 5.07. The lowest BCUT2D eigenvalue weighted by atomic mass is 10.3. The first-order valence-electron chi connectivity index (χ1n) is 7.03. The van der Waals surface area contributed by atoms with Crippen molar-refractivity contribution >= 4 is 24.3 Å². The molecule has 0 saturated carbocycles. The van der Waals surface area contributed by atoms with Crippen molar-refractivity contribution < 1.29 is 5.11 Å². The van der Waals surface area contributed by atoms with E-state index in [0.29, 0.717) is 23.7 Å². The molecule has 0 amide bonds. The van der Waals surface area contributed by atoms with Crippen LogP contribution in [0.25, 0.3) is 0 Å². The van der Waals surface area contributed by atoms with E-state index in [9.17, 15) is 9.90 Å². The van der Waals surface area contributed by atoms with Gasteiger partial charge in [-0.1, -0.05) is 6.07 Å². The van der Waals surface area contributed by atoms with Crippen LogP contribution in [0.3, 0.4) is 0 Å². The van der Waals surface area contributed by atoms with Gasteiger partial charge in [-0.15, -0.1) is 0 Å². The number of rotatable bonds is 4. The van der Waals surface area contributed by atoms with Crippen LogP contribution in [-0.2, 0) is 13.1 Å². The van der Waals surface area contributed by atoms with E-state index < -0.39 is 0 Å². The van der Waals surface area contributed by atoms with Crippen LogP contribution in [0.1, 0.15) is 25.1 Å². The quantitative estimate of drug-likeness (QED) is 0.694. The molecule has 0 fully saturated rings. The monoisotopic (exact) mass is 318 g/mol. The van der Waals surface area contributed by atoms with Gasteiger partial charge in [-0.05, 0) is 45.1 Å². The fourth-order valence-corrected chi connectivity index (χ4v) is 2.55. The molecule has 116 valence electrons. The third-order valence-corrected chi connectivity index (χ3v) is 3.71. The molecule has 0 atom stereocenters. The summed E-state index contributed by atoms with van der Waals surface area (Å²) in [4.78, 5) is 20.8. The molecule has 6 nitrogen and oxygen atoms in total. The summed E-state index contributed by atoms with van der Waals surface area (Å²) in [5.74, 6) is 0.311. The van der Waals surface area contributed by atoms with Crippen LogP contribution in [0.2, 0.25) is 0 Å². The zero-order valence-corrected chi connectivity index (χ0v) is 13.6.